The Labute approximate surface area is 139 Å². The zero-order valence-corrected chi connectivity index (χ0v) is 13.5. The van der Waals surface area contributed by atoms with Crippen molar-refractivity contribution in [3.63, 3.8) is 0 Å². The van der Waals surface area contributed by atoms with Crippen LogP contribution >= 0.6 is 0 Å². The van der Waals surface area contributed by atoms with Gasteiger partial charge < -0.3 is 14.8 Å². The Morgan fingerprint density at radius 2 is 1.96 bits per heavy atom. The van der Waals surface area contributed by atoms with Gasteiger partial charge in [-0.25, -0.2) is 9.69 Å². The summed E-state index contributed by atoms with van der Waals surface area (Å²) in [6, 6.07) is 5.68. The van der Waals surface area contributed by atoms with Crippen LogP contribution in [-0.4, -0.2) is 37.7 Å². The van der Waals surface area contributed by atoms with E-state index >= 15 is 0 Å². The first-order valence-corrected chi connectivity index (χ1v) is 8.02. The number of carbonyl (C=O) groups excluding carboxylic acids is 3. The van der Waals surface area contributed by atoms with Gasteiger partial charge in [0, 0.05) is 6.42 Å². The molecule has 1 aromatic carbocycles. The van der Waals surface area contributed by atoms with Gasteiger partial charge in [-0.2, -0.15) is 0 Å². The highest BCUT2D eigenvalue weighted by Crippen LogP contribution is 2.30. The molecule has 0 bridgehead atoms. The maximum Gasteiger partial charge on any atom is 0.329 e. The number of urea groups is 1. The summed E-state index contributed by atoms with van der Waals surface area (Å²) in [5, 5.41) is 2.59. The normalized spacial score (nSPS) is 20.0. The third kappa shape index (κ3) is 3.67. The Hall–Kier alpha value is -2.57. The first-order chi connectivity index (χ1) is 11.6. The number of nitrogens with one attached hydrogen (secondary N) is 1. The van der Waals surface area contributed by atoms with Gasteiger partial charge in [0.05, 0.1) is 19.4 Å². The van der Waals surface area contributed by atoms with Gasteiger partial charge in [-0.15, -0.1) is 0 Å². The molecule has 1 aliphatic heterocycles. The minimum atomic E-state index is -0.706. The van der Waals surface area contributed by atoms with Gasteiger partial charge in [0.25, 0.3) is 5.91 Å². The molecule has 0 spiro atoms. The van der Waals surface area contributed by atoms with Crippen molar-refractivity contribution in [2.24, 2.45) is 5.92 Å². The van der Waals surface area contributed by atoms with Gasteiger partial charge in [-0.3, -0.25) is 9.59 Å². The van der Waals surface area contributed by atoms with Crippen LogP contribution in [0.15, 0.2) is 24.3 Å². The molecule has 128 valence electrons. The van der Waals surface area contributed by atoms with Crippen molar-refractivity contribution in [3.8, 4) is 5.75 Å². The third-order valence-corrected chi connectivity index (χ3v) is 4.16. The molecule has 24 heavy (non-hydrogen) atoms. The second-order valence-electron chi connectivity index (χ2n) is 6.04. The van der Waals surface area contributed by atoms with Crippen LogP contribution in [0.2, 0.25) is 0 Å². The Balaban J connectivity index is 1.61. The average Bonchev–Trinajstić information content (AvgIpc) is 3.37. The summed E-state index contributed by atoms with van der Waals surface area (Å²) in [4.78, 5) is 36.7. The number of carbonyl (C=O) groups is 3. The van der Waals surface area contributed by atoms with E-state index in [1.54, 1.807) is 24.3 Å². The first-order valence-electron chi connectivity index (χ1n) is 8.02. The molecule has 1 saturated heterocycles. The minimum absolute atomic E-state index is 0.0783. The standard InChI is InChI=1S/C17H20N2O5/c1-23-15(20)9-8-14-16(21)19(17(22)18-14)12-4-6-13(7-5-12)24-10-11-2-3-11/h4-7,11,14H,2-3,8-10H2,1H3,(H,18,22)/t14-/m1/s1. The van der Waals surface area contributed by atoms with E-state index in [2.05, 4.69) is 10.1 Å². The molecular formula is C17H20N2O5. The summed E-state index contributed by atoms with van der Waals surface area (Å²) in [6.07, 6.45) is 2.73. The maximum absolute atomic E-state index is 12.4. The van der Waals surface area contributed by atoms with Gasteiger partial charge >= 0.3 is 12.0 Å². The van der Waals surface area contributed by atoms with Crippen molar-refractivity contribution in [1.82, 2.24) is 5.32 Å². The number of rotatable bonds is 7. The Morgan fingerprint density at radius 1 is 1.25 bits per heavy atom. The average molecular weight is 332 g/mol. The molecule has 0 unspecified atom stereocenters. The Morgan fingerprint density at radius 3 is 2.58 bits per heavy atom. The van der Waals surface area contributed by atoms with Gasteiger partial charge in [0.1, 0.15) is 11.8 Å². The molecule has 1 heterocycles. The lowest BCUT2D eigenvalue weighted by molar-refractivity contribution is -0.140. The summed E-state index contributed by atoms with van der Waals surface area (Å²) in [5.41, 5.74) is 0.483. The van der Waals surface area contributed by atoms with E-state index in [0.29, 0.717) is 18.2 Å². The lowest BCUT2D eigenvalue weighted by atomic mass is 10.1. The van der Waals surface area contributed by atoms with E-state index in [4.69, 9.17) is 4.74 Å². The summed E-state index contributed by atoms with van der Waals surface area (Å²) in [7, 11) is 1.29. The molecule has 1 aromatic rings. The molecule has 7 heteroatoms. The second-order valence-corrected chi connectivity index (χ2v) is 6.04. The zero-order valence-electron chi connectivity index (χ0n) is 13.5. The van der Waals surface area contributed by atoms with Gasteiger partial charge in [0.2, 0.25) is 0 Å². The number of benzene rings is 1. The monoisotopic (exact) mass is 332 g/mol. The molecule has 1 aliphatic carbocycles. The van der Waals surface area contributed by atoms with E-state index in [0.717, 1.165) is 10.6 Å². The number of methoxy groups -OCH3 is 1. The maximum atomic E-state index is 12.4. The van der Waals surface area contributed by atoms with Crippen LogP contribution in [0.1, 0.15) is 25.7 Å². The molecule has 0 radical (unpaired) electrons. The molecule has 1 saturated carbocycles. The summed E-state index contributed by atoms with van der Waals surface area (Å²) >= 11 is 0. The van der Waals surface area contributed by atoms with Crippen LogP contribution in [0.3, 0.4) is 0 Å². The molecule has 3 amide bonds. The number of amides is 3. The molecular weight excluding hydrogens is 312 g/mol. The number of hydrogen-bond donors (Lipinski definition) is 1. The minimum Gasteiger partial charge on any atom is -0.493 e. The number of ether oxygens (including phenoxy) is 2. The molecule has 2 fully saturated rings. The van der Waals surface area contributed by atoms with E-state index < -0.39 is 18.0 Å². The molecule has 1 atom stereocenters. The topological polar surface area (TPSA) is 84.9 Å². The van der Waals surface area contributed by atoms with Crippen LogP contribution in [0.4, 0.5) is 10.5 Å². The fourth-order valence-electron chi connectivity index (χ4n) is 2.53. The fourth-order valence-corrected chi connectivity index (χ4v) is 2.53. The van der Waals surface area contributed by atoms with Gasteiger partial charge in [0.15, 0.2) is 0 Å². The van der Waals surface area contributed by atoms with Crippen LogP contribution in [-0.2, 0) is 14.3 Å². The number of imide groups is 1. The van der Waals surface area contributed by atoms with Gasteiger partial charge in [-0.1, -0.05) is 0 Å². The smallest absolute Gasteiger partial charge is 0.329 e. The lowest BCUT2D eigenvalue weighted by Crippen LogP contribution is -2.31. The number of nitrogens with zero attached hydrogens (tertiary/aromatic N) is 1. The van der Waals surface area contributed by atoms with Crippen molar-refractivity contribution >= 4 is 23.6 Å². The largest absolute Gasteiger partial charge is 0.493 e. The van der Waals surface area contributed by atoms with Crippen LogP contribution in [0, 0.1) is 5.92 Å². The van der Waals surface area contributed by atoms with Crippen molar-refractivity contribution in [2.75, 3.05) is 18.6 Å². The molecule has 0 aromatic heterocycles. The predicted octanol–water partition coefficient (Wildman–Crippen LogP) is 1.85. The Kier molecular flexibility index (Phi) is 4.69. The van der Waals surface area contributed by atoms with Crippen molar-refractivity contribution in [2.45, 2.75) is 31.7 Å². The van der Waals surface area contributed by atoms with Gasteiger partial charge in [-0.05, 0) is 49.4 Å². The highest BCUT2D eigenvalue weighted by atomic mass is 16.5. The van der Waals surface area contributed by atoms with Crippen molar-refractivity contribution < 1.29 is 23.9 Å². The number of esters is 1. The molecule has 2 aliphatic rings. The van der Waals surface area contributed by atoms with Crippen LogP contribution in [0.5, 0.6) is 5.75 Å². The summed E-state index contributed by atoms with van der Waals surface area (Å²) in [5.74, 6) is 0.606. The number of anilines is 1. The molecule has 3 rings (SSSR count). The van der Waals surface area contributed by atoms with Crippen LogP contribution < -0.4 is 15.0 Å². The van der Waals surface area contributed by atoms with E-state index in [-0.39, 0.29) is 18.7 Å². The van der Waals surface area contributed by atoms with E-state index in [1.807, 2.05) is 0 Å². The first kappa shape index (κ1) is 16.3. The highest BCUT2D eigenvalue weighted by molar-refractivity contribution is 6.21. The predicted molar refractivity (Wildman–Crippen MR) is 85.7 cm³/mol. The Bertz CT molecular complexity index is 639. The molecule has 1 N–H and O–H groups in total. The fraction of sp³-hybridized carbons (Fsp3) is 0.471. The van der Waals surface area contributed by atoms with Crippen molar-refractivity contribution in [1.29, 1.82) is 0 Å². The van der Waals surface area contributed by atoms with Crippen molar-refractivity contribution in [3.05, 3.63) is 24.3 Å². The quantitative estimate of drug-likeness (QED) is 0.608. The number of hydrogen-bond acceptors (Lipinski definition) is 5. The van der Waals surface area contributed by atoms with Crippen LogP contribution in [0.25, 0.3) is 0 Å². The van der Waals surface area contributed by atoms with E-state index in [1.165, 1.54) is 20.0 Å². The zero-order chi connectivity index (χ0) is 17.1. The summed E-state index contributed by atoms with van der Waals surface area (Å²) in [6.45, 7) is 0.706. The lowest BCUT2D eigenvalue weighted by Gasteiger charge is -2.14. The third-order valence-electron chi connectivity index (χ3n) is 4.16. The molecule has 7 nitrogen and oxygen atoms in total. The SMILES string of the molecule is COC(=O)CC[C@H]1NC(=O)N(c2ccc(OCC3CC3)cc2)C1=O. The summed E-state index contributed by atoms with van der Waals surface area (Å²) < 4.78 is 10.2. The second kappa shape index (κ2) is 6.90. The highest BCUT2D eigenvalue weighted by Gasteiger charge is 2.39. The van der Waals surface area contributed by atoms with E-state index in [9.17, 15) is 14.4 Å².